The number of ketones is 1. The predicted molar refractivity (Wildman–Crippen MR) is 113 cm³/mol. The normalized spacial score (nSPS) is 11.1. The molecule has 4 aromatic rings. The van der Waals surface area contributed by atoms with Crippen molar-refractivity contribution in [2.75, 3.05) is 0 Å². The van der Waals surface area contributed by atoms with Gasteiger partial charge in [0.1, 0.15) is 5.60 Å². The van der Waals surface area contributed by atoms with Crippen molar-refractivity contribution < 1.29 is 9.90 Å². The van der Waals surface area contributed by atoms with E-state index in [1.807, 2.05) is 54.6 Å². The second kappa shape index (κ2) is 7.82. The summed E-state index contributed by atoms with van der Waals surface area (Å²) in [5.41, 5.74) is -0.591. The highest BCUT2D eigenvalue weighted by Gasteiger charge is 2.24. The summed E-state index contributed by atoms with van der Waals surface area (Å²) in [5, 5.41) is 11.0. The SMILES string of the molecule is CC(C)(O)C(=O)c1ccccc1.O=c1c2ccccc2sc2ccccc12. The zero-order chi connectivity index (χ0) is 19.4. The average Bonchev–Trinajstić information content (AvgIpc) is 2.68. The second-order valence-corrected chi connectivity index (χ2v) is 7.76. The maximum Gasteiger partial charge on any atom is 0.195 e. The zero-order valence-corrected chi connectivity index (χ0v) is 16.0. The molecule has 3 nitrogen and oxygen atoms in total. The minimum absolute atomic E-state index is 0.139. The van der Waals surface area contributed by atoms with Crippen LogP contribution in [0, 0.1) is 0 Å². The van der Waals surface area contributed by atoms with Crippen molar-refractivity contribution in [1.82, 2.24) is 0 Å². The van der Waals surface area contributed by atoms with Crippen molar-refractivity contribution in [3.63, 3.8) is 0 Å². The monoisotopic (exact) mass is 376 g/mol. The lowest BCUT2D eigenvalue weighted by atomic mass is 9.97. The van der Waals surface area contributed by atoms with Gasteiger partial charge in [0, 0.05) is 25.7 Å². The van der Waals surface area contributed by atoms with Crippen LogP contribution in [0.1, 0.15) is 24.2 Å². The number of rotatable bonds is 2. The van der Waals surface area contributed by atoms with E-state index in [0.29, 0.717) is 5.56 Å². The topological polar surface area (TPSA) is 54.4 Å². The molecule has 0 atom stereocenters. The van der Waals surface area contributed by atoms with Gasteiger partial charge in [-0.1, -0.05) is 54.6 Å². The Bertz CT molecular complexity index is 1080. The third-order valence-electron chi connectivity index (χ3n) is 4.07. The molecule has 0 bridgehead atoms. The summed E-state index contributed by atoms with van der Waals surface area (Å²) in [7, 11) is 0. The molecule has 4 heteroatoms. The van der Waals surface area contributed by atoms with Crippen LogP contribution in [-0.4, -0.2) is 16.5 Å². The van der Waals surface area contributed by atoms with E-state index in [1.165, 1.54) is 13.8 Å². The number of fused-ring (bicyclic) bond motifs is 2. The second-order valence-electron chi connectivity index (χ2n) is 6.68. The molecule has 0 unspecified atom stereocenters. The molecular formula is C23H20O3S. The van der Waals surface area contributed by atoms with Gasteiger partial charge in [-0.15, -0.1) is 11.3 Å². The lowest BCUT2D eigenvalue weighted by Crippen LogP contribution is -2.30. The third kappa shape index (κ3) is 4.30. The molecule has 0 saturated carbocycles. The molecule has 0 aliphatic heterocycles. The molecule has 136 valence electrons. The van der Waals surface area contributed by atoms with Crippen molar-refractivity contribution in [3.8, 4) is 0 Å². The Balaban J connectivity index is 0.000000161. The van der Waals surface area contributed by atoms with E-state index < -0.39 is 5.60 Å². The molecule has 0 radical (unpaired) electrons. The van der Waals surface area contributed by atoms with E-state index in [4.69, 9.17) is 0 Å². The Labute approximate surface area is 161 Å². The summed E-state index contributed by atoms with van der Waals surface area (Å²) < 4.78 is 2.11. The molecule has 1 aromatic heterocycles. The summed E-state index contributed by atoms with van der Waals surface area (Å²) >= 11 is 1.67. The zero-order valence-electron chi connectivity index (χ0n) is 15.2. The molecule has 1 N–H and O–H groups in total. The van der Waals surface area contributed by atoms with E-state index in [9.17, 15) is 14.7 Å². The maximum absolute atomic E-state index is 12.1. The van der Waals surface area contributed by atoms with Gasteiger partial charge in [0.2, 0.25) is 0 Å². The summed E-state index contributed by atoms with van der Waals surface area (Å²) in [4.78, 5) is 23.5. The van der Waals surface area contributed by atoms with E-state index in [2.05, 4.69) is 0 Å². The molecule has 0 saturated heterocycles. The van der Waals surface area contributed by atoms with Gasteiger partial charge in [-0.3, -0.25) is 9.59 Å². The first-order valence-corrected chi connectivity index (χ1v) is 9.42. The van der Waals surface area contributed by atoms with Crippen molar-refractivity contribution in [3.05, 3.63) is 94.6 Å². The van der Waals surface area contributed by atoms with E-state index in [0.717, 1.165) is 20.2 Å². The van der Waals surface area contributed by atoms with Crippen LogP contribution in [0.5, 0.6) is 0 Å². The number of hydrogen-bond donors (Lipinski definition) is 1. The number of carbonyl (C=O) groups is 1. The minimum Gasteiger partial charge on any atom is -0.382 e. The van der Waals surface area contributed by atoms with Crippen LogP contribution < -0.4 is 5.43 Å². The molecule has 0 fully saturated rings. The van der Waals surface area contributed by atoms with E-state index >= 15 is 0 Å². The van der Waals surface area contributed by atoms with Gasteiger partial charge in [-0.25, -0.2) is 0 Å². The summed E-state index contributed by atoms with van der Waals surface area (Å²) in [6, 6.07) is 24.3. The van der Waals surface area contributed by atoms with E-state index in [-0.39, 0.29) is 11.2 Å². The quantitative estimate of drug-likeness (QED) is 0.393. The van der Waals surface area contributed by atoms with Crippen LogP contribution in [-0.2, 0) is 0 Å². The van der Waals surface area contributed by atoms with Gasteiger partial charge >= 0.3 is 0 Å². The third-order valence-corrected chi connectivity index (χ3v) is 5.23. The van der Waals surface area contributed by atoms with Crippen molar-refractivity contribution >= 4 is 37.3 Å². The van der Waals surface area contributed by atoms with Crippen LogP contribution in [0.25, 0.3) is 20.2 Å². The Morgan fingerprint density at radius 1 is 0.778 bits per heavy atom. The Kier molecular flexibility index (Phi) is 5.49. The number of aliphatic hydroxyl groups is 1. The van der Waals surface area contributed by atoms with Gasteiger partial charge in [0.15, 0.2) is 11.2 Å². The van der Waals surface area contributed by atoms with Gasteiger partial charge in [0.05, 0.1) is 0 Å². The highest BCUT2D eigenvalue weighted by atomic mass is 32.1. The molecule has 0 aliphatic rings. The molecule has 27 heavy (non-hydrogen) atoms. The van der Waals surface area contributed by atoms with Crippen LogP contribution in [0.2, 0.25) is 0 Å². The van der Waals surface area contributed by atoms with Gasteiger partial charge in [0.25, 0.3) is 0 Å². The fourth-order valence-electron chi connectivity index (χ4n) is 2.69. The van der Waals surface area contributed by atoms with Crippen molar-refractivity contribution in [1.29, 1.82) is 0 Å². The first-order valence-electron chi connectivity index (χ1n) is 8.61. The molecule has 0 amide bonds. The number of hydrogen-bond acceptors (Lipinski definition) is 4. The highest BCUT2D eigenvalue weighted by Crippen LogP contribution is 2.23. The first-order chi connectivity index (χ1) is 12.9. The lowest BCUT2D eigenvalue weighted by molar-refractivity contribution is 0.0488. The van der Waals surface area contributed by atoms with Gasteiger partial charge in [-0.2, -0.15) is 0 Å². The number of benzene rings is 3. The minimum atomic E-state index is -1.28. The van der Waals surface area contributed by atoms with E-state index in [1.54, 1.807) is 35.6 Å². The number of carbonyl (C=O) groups excluding carboxylic acids is 1. The summed E-state index contributed by atoms with van der Waals surface area (Å²) in [5.74, 6) is -0.247. The molecule has 3 aromatic carbocycles. The average molecular weight is 376 g/mol. The summed E-state index contributed by atoms with van der Waals surface area (Å²) in [6.45, 7) is 2.98. The highest BCUT2D eigenvalue weighted by molar-refractivity contribution is 7.24. The van der Waals surface area contributed by atoms with Crippen LogP contribution in [0.4, 0.5) is 0 Å². The summed E-state index contributed by atoms with van der Waals surface area (Å²) in [6.07, 6.45) is 0. The lowest BCUT2D eigenvalue weighted by Gasteiger charge is -2.14. The van der Waals surface area contributed by atoms with Gasteiger partial charge < -0.3 is 5.11 Å². The predicted octanol–water partition coefficient (Wildman–Crippen LogP) is 5.05. The van der Waals surface area contributed by atoms with Gasteiger partial charge in [-0.05, 0) is 38.1 Å². The molecule has 4 rings (SSSR count). The Hall–Kier alpha value is -2.82. The largest absolute Gasteiger partial charge is 0.382 e. The van der Waals surface area contributed by atoms with Crippen molar-refractivity contribution in [2.24, 2.45) is 0 Å². The molecule has 0 aliphatic carbocycles. The van der Waals surface area contributed by atoms with Crippen molar-refractivity contribution in [2.45, 2.75) is 19.4 Å². The number of Topliss-reactive ketones (excluding diaryl/α,β-unsaturated/α-hetero) is 1. The molecule has 1 heterocycles. The van der Waals surface area contributed by atoms with Crippen LogP contribution in [0.15, 0.2) is 83.7 Å². The fourth-order valence-corrected chi connectivity index (χ4v) is 3.76. The maximum atomic E-state index is 12.1. The van der Waals surface area contributed by atoms with Crippen LogP contribution >= 0.6 is 11.3 Å². The Morgan fingerprint density at radius 3 is 1.70 bits per heavy atom. The Morgan fingerprint density at radius 2 is 1.22 bits per heavy atom. The smallest absolute Gasteiger partial charge is 0.195 e. The first kappa shape index (κ1) is 19.0. The molecule has 0 spiro atoms. The standard InChI is InChI=1S/C13H8OS.C10H12O2/c14-13-9-5-1-3-7-11(9)15-12-8-4-2-6-10(12)13;1-10(2,12)9(11)8-6-4-3-5-7-8/h1-8H;3-7,12H,1-2H3. The molecular weight excluding hydrogens is 356 g/mol. The fraction of sp³-hybridized carbons (Fsp3) is 0.130. The van der Waals surface area contributed by atoms with Crippen LogP contribution in [0.3, 0.4) is 0 Å².